The standard InChI is InChI=1S/C16H29NO3/c1-12(2)11-16(8-4-5-9-16)15(20)17-10-6-7-13(3)14(18)19/h12-13H,4-11H2,1-3H3,(H,17,20)(H,18,19). The van der Waals surface area contributed by atoms with Crippen molar-refractivity contribution in [1.82, 2.24) is 5.32 Å². The van der Waals surface area contributed by atoms with Gasteiger partial charge in [-0.3, -0.25) is 9.59 Å². The van der Waals surface area contributed by atoms with Crippen molar-refractivity contribution >= 4 is 11.9 Å². The molecule has 0 saturated heterocycles. The van der Waals surface area contributed by atoms with Crippen LogP contribution in [0, 0.1) is 17.3 Å². The molecule has 0 aliphatic heterocycles. The summed E-state index contributed by atoms with van der Waals surface area (Å²) in [6.07, 6.45) is 6.62. The first-order valence-corrected chi connectivity index (χ1v) is 7.88. The average Bonchev–Trinajstić information content (AvgIpc) is 2.82. The number of amides is 1. The maximum atomic E-state index is 12.5. The predicted octanol–water partition coefficient (Wildman–Crippen LogP) is 3.21. The fourth-order valence-electron chi connectivity index (χ4n) is 3.28. The van der Waals surface area contributed by atoms with Crippen LogP contribution >= 0.6 is 0 Å². The molecule has 0 heterocycles. The van der Waals surface area contributed by atoms with Crippen molar-refractivity contribution in [2.24, 2.45) is 17.3 Å². The monoisotopic (exact) mass is 283 g/mol. The Kier molecular flexibility index (Phi) is 6.50. The highest BCUT2D eigenvalue weighted by atomic mass is 16.4. The Morgan fingerprint density at radius 3 is 2.30 bits per heavy atom. The third-order valence-electron chi connectivity index (χ3n) is 4.36. The van der Waals surface area contributed by atoms with Crippen molar-refractivity contribution in [3.05, 3.63) is 0 Å². The second-order valence-electron chi connectivity index (χ2n) is 6.72. The number of rotatable bonds is 8. The third-order valence-corrected chi connectivity index (χ3v) is 4.36. The van der Waals surface area contributed by atoms with Gasteiger partial charge in [0.05, 0.1) is 5.92 Å². The lowest BCUT2D eigenvalue weighted by molar-refractivity contribution is -0.141. The minimum absolute atomic E-state index is 0.160. The zero-order valence-corrected chi connectivity index (χ0v) is 13.1. The van der Waals surface area contributed by atoms with Crippen molar-refractivity contribution in [3.63, 3.8) is 0 Å². The molecular weight excluding hydrogens is 254 g/mol. The Hall–Kier alpha value is -1.06. The maximum absolute atomic E-state index is 12.5. The zero-order valence-electron chi connectivity index (χ0n) is 13.1. The molecule has 4 nitrogen and oxygen atoms in total. The summed E-state index contributed by atoms with van der Waals surface area (Å²) in [5, 5.41) is 11.8. The Morgan fingerprint density at radius 1 is 1.20 bits per heavy atom. The third kappa shape index (κ3) is 4.80. The molecule has 20 heavy (non-hydrogen) atoms. The van der Waals surface area contributed by atoms with Crippen molar-refractivity contribution in [1.29, 1.82) is 0 Å². The van der Waals surface area contributed by atoms with Crippen LogP contribution < -0.4 is 5.32 Å². The molecule has 0 radical (unpaired) electrons. The minimum atomic E-state index is -0.761. The molecule has 1 aliphatic carbocycles. The molecule has 1 saturated carbocycles. The Labute approximate surface area is 122 Å². The fraction of sp³-hybridized carbons (Fsp3) is 0.875. The first kappa shape index (κ1) is 17.0. The van der Waals surface area contributed by atoms with Crippen LogP contribution in [0.25, 0.3) is 0 Å². The van der Waals surface area contributed by atoms with Gasteiger partial charge in [0, 0.05) is 12.0 Å². The molecular formula is C16H29NO3. The first-order valence-electron chi connectivity index (χ1n) is 7.88. The Morgan fingerprint density at radius 2 is 1.80 bits per heavy atom. The summed E-state index contributed by atoms with van der Waals surface area (Å²) < 4.78 is 0. The van der Waals surface area contributed by atoms with Crippen molar-refractivity contribution in [2.75, 3.05) is 6.54 Å². The molecule has 0 aromatic rings. The van der Waals surface area contributed by atoms with Gasteiger partial charge in [-0.15, -0.1) is 0 Å². The smallest absolute Gasteiger partial charge is 0.306 e. The molecule has 1 atom stereocenters. The van der Waals surface area contributed by atoms with Crippen molar-refractivity contribution in [2.45, 2.75) is 65.7 Å². The topological polar surface area (TPSA) is 66.4 Å². The van der Waals surface area contributed by atoms with Gasteiger partial charge in [0.1, 0.15) is 0 Å². The largest absolute Gasteiger partial charge is 0.481 e. The summed E-state index contributed by atoms with van der Waals surface area (Å²) in [6, 6.07) is 0. The predicted molar refractivity (Wildman–Crippen MR) is 79.4 cm³/mol. The highest BCUT2D eigenvalue weighted by Crippen LogP contribution is 2.43. The summed E-state index contributed by atoms with van der Waals surface area (Å²) in [5.74, 6) is -0.371. The van der Waals surface area contributed by atoms with E-state index in [1.165, 1.54) is 0 Å². The number of carbonyl (C=O) groups is 2. The molecule has 1 unspecified atom stereocenters. The van der Waals surface area contributed by atoms with E-state index in [9.17, 15) is 9.59 Å². The Balaban J connectivity index is 2.38. The van der Waals surface area contributed by atoms with E-state index in [-0.39, 0.29) is 17.2 Å². The van der Waals surface area contributed by atoms with Gasteiger partial charge in [0.25, 0.3) is 0 Å². The second kappa shape index (κ2) is 7.65. The van der Waals surface area contributed by atoms with E-state index >= 15 is 0 Å². The minimum Gasteiger partial charge on any atom is -0.481 e. The first-order chi connectivity index (χ1) is 9.37. The van der Waals surface area contributed by atoms with Gasteiger partial charge in [0.2, 0.25) is 5.91 Å². The van der Waals surface area contributed by atoms with Crippen LogP contribution in [0.1, 0.15) is 65.7 Å². The van der Waals surface area contributed by atoms with Gasteiger partial charge >= 0.3 is 5.97 Å². The SMILES string of the molecule is CC(C)CC1(C(=O)NCCCC(C)C(=O)O)CCCC1. The van der Waals surface area contributed by atoms with E-state index in [1.807, 2.05) is 0 Å². The van der Waals surface area contributed by atoms with Crippen LogP contribution in [0.15, 0.2) is 0 Å². The highest BCUT2D eigenvalue weighted by Gasteiger charge is 2.40. The molecule has 1 amide bonds. The molecule has 0 spiro atoms. The summed E-state index contributed by atoms with van der Waals surface area (Å²) >= 11 is 0. The van der Waals surface area contributed by atoms with Gasteiger partial charge < -0.3 is 10.4 Å². The van der Waals surface area contributed by atoms with Crippen LogP contribution in [0.3, 0.4) is 0 Å². The number of nitrogens with one attached hydrogen (secondary N) is 1. The van der Waals surface area contributed by atoms with Gasteiger partial charge in [-0.2, -0.15) is 0 Å². The van der Waals surface area contributed by atoms with Crippen LogP contribution in [0.2, 0.25) is 0 Å². The fourth-order valence-corrected chi connectivity index (χ4v) is 3.28. The van der Waals surface area contributed by atoms with Gasteiger partial charge in [0.15, 0.2) is 0 Å². The number of carbonyl (C=O) groups excluding carboxylic acids is 1. The number of hydrogen-bond acceptors (Lipinski definition) is 2. The highest BCUT2D eigenvalue weighted by molar-refractivity contribution is 5.82. The number of carboxylic acids is 1. The summed E-state index contributed by atoms with van der Waals surface area (Å²) in [4.78, 5) is 23.2. The second-order valence-corrected chi connectivity index (χ2v) is 6.72. The molecule has 0 aromatic carbocycles. The average molecular weight is 283 g/mol. The van der Waals surface area contributed by atoms with Crippen molar-refractivity contribution in [3.8, 4) is 0 Å². The number of aliphatic carboxylic acids is 1. The van der Waals surface area contributed by atoms with Crippen LogP contribution in [0.4, 0.5) is 0 Å². The molecule has 0 bridgehead atoms. The molecule has 2 N–H and O–H groups in total. The lowest BCUT2D eigenvalue weighted by Gasteiger charge is -2.29. The summed E-state index contributed by atoms with van der Waals surface area (Å²) in [5.41, 5.74) is -0.160. The van der Waals surface area contributed by atoms with Crippen LogP contribution in [-0.2, 0) is 9.59 Å². The van der Waals surface area contributed by atoms with E-state index in [0.29, 0.717) is 18.9 Å². The summed E-state index contributed by atoms with van der Waals surface area (Å²) in [6.45, 7) is 6.64. The molecule has 1 aliphatic rings. The summed E-state index contributed by atoms with van der Waals surface area (Å²) in [7, 11) is 0. The lowest BCUT2D eigenvalue weighted by atomic mass is 9.77. The maximum Gasteiger partial charge on any atom is 0.306 e. The van der Waals surface area contributed by atoms with Gasteiger partial charge in [-0.1, -0.05) is 33.6 Å². The van der Waals surface area contributed by atoms with Crippen molar-refractivity contribution < 1.29 is 14.7 Å². The molecule has 116 valence electrons. The normalized spacial score (nSPS) is 19.0. The van der Waals surface area contributed by atoms with E-state index < -0.39 is 5.97 Å². The van der Waals surface area contributed by atoms with Crippen LogP contribution in [-0.4, -0.2) is 23.5 Å². The van der Waals surface area contributed by atoms with E-state index in [0.717, 1.165) is 38.5 Å². The quantitative estimate of drug-likeness (QED) is 0.672. The molecule has 4 heteroatoms. The molecule has 1 rings (SSSR count). The molecule has 0 aromatic heterocycles. The molecule has 1 fully saturated rings. The van der Waals surface area contributed by atoms with E-state index in [4.69, 9.17) is 5.11 Å². The van der Waals surface area contributed by atoms with Gasteiger partial charge in [-0.25, -0.2) is 0 Å². The number of carboxylic acid groups (broad SMARTS) is 1. The van der Waals surface area contributed by atoms with Crippen LogP contribution in [0.5, 0.6) is 0 Å². The zero-order chi connectivity index (χ0) is 15.2. The lowest BCUT2D eigenvalue weighted by Crippen LogP contribution is -2.40. The Bertz CT molecular complexity index is 333. The van der Waals surface area contributed by atoms with Gasteiger partial charge in [-0.05, 0) is 38.0 Å². The number of hydrogen-bond donors (Lipinski definition) is 2. The van der Waals surface area contributed by atoms with E-state index in [2.05, 4.69) is 19.2 Å². The van der Waals surface area contributed by atoms with E-state index in [1.54, 1.807) is 6.92 Å².